The van der Waals surface area contributed by atoms with Gasteiger partial charge in [0.1, 0.15) is 11.5 Å². The molecule has 1 aromatic carbocycles. The van der Waals surface area contributed by atoms with E-state index in [1.54, 1.807) is 14.2 Å². The Kier molecular flexibility index (Phi) is 8.19. The van der Waals surface area contributed by atoms with Gasteiger partial charge in [-0.2, -0.15) is 0 Å². The zero-order valence-corrected chi connectivity index (χ0v) is 17.3. The standard InChI is InChI=1S/C20H34N4O3/c1-6-21-19(23-15-20(24(2)3)9-11-27-12-10-20)22-14-16-7-8-17(25-4)13-18(16)26-5/h7-8,13H,6,9-12,14-15H2,1-5H3,(H2,21,22,23). The van der Waals surface area contributed by atoms with E-state index >= 15 is 0 Å². The number of benzene rings is 1. The number of nitrogens with zero attached hydrogens (tertiary/aromatic N) is 2. The second kappa shape index (κ2) is 10.4. The third-order valence-electron chi connectivity index (χ3n) is 5.20. The minimum atomic E-state index is 0.0895. The van der Waals surface area contributed by atoms with Gasteiger partial charge in [-0.3, -0.25) is 0 Å². The summed E-state index contributed by atoms with van der Waals surface area (Å²) in [7, 11) is 7.59. The van der Waals surface area contributed by atoms with Crippen molar-refractivity contribution in [2.24, 2.45) is 4.99 Å². The number of likely N-dealkylation sites (N-methyl/N-ethyl adjacent to an activating group) is 1. The maximum absolute atomic E-state index is 5.55. The van der Waals surface area contributed by atoms with Gasteiger partial charge in [0.15, 0.2) is 5.96 Å². The lowest BCUT2D eigenvalue weighted by Crippen LogP contribution is -2.57. The van der Waals surface area contributed by atoms with Crippen LogP contribution in [0.4, 0.5) is 0 Å². The van der Waals surface area contributed by atoms with E-state index in [0.29, 0.717) is 6.54 Å². The van der Waals surface area contributed by atoms with Gasteiger partial charge < -0.3 is 29.7 Å². The number of rotatable bonds is 8. The number of methoxy groups -OCH3 is 2. The summed E-state index contributed by atoms with van der Waals surface area (Å²) in [5.74, 6) is 2.36. The topological polar surface area (TPSA) is 67.4 Å². The SMILES string of the molecule is CCNC(=NCc1ccc(OC)cc1OC)NCC1(N(C)C)CCOCC1. The Balaban J connectivity index is 2.07. The molecule has 1 saturated heterocycles. The van der Waals surface area contributed by atoms with Crippen LogP contribution in [-0.2, 0) is 11.3 Å². The van der Waals surface area contributed by atoms with Crippen molar-refractivity contribution >= 4 is 5.96 Å². The van der Waals surface area contributed by atoms with Gasteiger partial charge in [-0.25, -0.2) is 4.99 Å². The van der Waals surface area contributed by atoms with Gasteiger partial charge in [-0.15, -0.1) is 0 Å². The highest BCUT2D eigenvalue weighted by Gasteiger charge is 2.34. The van der Waals surface area contributed by atoms with E-state index in [1.807, 2.05) is 18.2 Å². The van der Waals surface area contributed by atoms with Gasteiger partial charge in [-0.05, 0) is 46.0 Å². The molecule has 152 valence electrons. The number of aliphatic imine (C=N–C) groups is 1. The first-order chi connectivity index (χ1) is 13.0. The molecular formula is C20H34N4O3. The number of hydrogen-bond donors (Lipinski definition) is 2. The van der Waals surface area contributed by atoms with Crippen LogP contribution >= 0.6 is 0 Å². The molecule has 0 saturated carbocycles. The number of ether oxygens (including phenoxy) is 3. The molecule has 7 nitrogen and oxygen atoms in total. The summed E-state index contributed by atoms with van der Waals surface area (Å²) < 4.78 is 16.3. The van der Waals surface area contributed by atoms with Crippen LogP contribution < -0.4 is 20.1 Å². The van der Waals surface area contributed by atoms with Crippen molar-refractivity contribution in [3.05, 3.63) is 23.8 Å². The highest BCUT2D eigenvalue weighted by atomic mass is 16.5. The van der Waals surface area contributed by atoms with Crippen LogP contribution in [0.5, 0.6) is 11.5 Å². The molecule has 0 radical (unpaired) electrons. The molecule has 27 heavy (non-hydrogen) atoms. The van der Waals surface area contributed by atoms with Crippen molar-refractivity contribution in [2.75, 3.05) is 54.6 Å². The molecule has 1 fully saturated rings. The normalized spacial score (nSPS) is 16.9. The minimum Gasteiger partial charge on any atom is -0.497 e. The van der Waals surface area contributed by atoms with Crippen LogP contribution in [0.3, 0.4) is 0 Å². The monoisotopic (exact) mass is 378 g/mol. The average molecular weight is 379 g/mol. The van der Waals surface area contributed by atoms with Crippen LogP contribution in [0.15, 0.2) is 23.2 Å². The Hall–Kier alpha value is -1.99. The minimum absolute atomic E-state index is 0.0895. The lowest BCUT2D eigenvalue weighted by Gasteiger charge is -2.43. The maximum Gasteiger partial charge on any atom is 0.191 e. The zero-order valence-electron chi connectivity index (χ0n) is 17.3. The van der Waals surface area contributed by atoms with E-state index < -0.39 is 0 Å². The largest absolute Gasteiger partial charge is 0.497 e. The van der Waals surface area contributed by atoms with Crippen molar-refractivity contribution in [3.8, 4) is 11.5 Å². The molecule has 0 unspecified atom stereocenters. The Morgan fingerprint density at radius 1 is 1.19 bits per heavy atom. The van der Waals surface area contributed by atoms with Crippen molar-refractivity contribution in [2.45, 2.75) is 31.8 Å². The third-order valence-corrected chi connectivity index (χ3v) is 5.20. The second-order valence-corrected chi connectivity index (χ2v) is 6.96. The van der Waals surface area contributed by atoms with Crippen molar-refractivity contribution < 1.29 is 14.2 Å². The third kappa shape index (κ3) is 5.74. The predicted molar refractivity (Wildman–Crippen MR) is 109 cm³/mol. The van der Waals surface area contributed by atoms with Gasteiger partial charge in [0, 0.05) is 43.5 Å². The zero-order chi connectivity index (χ0) is 19.7. The highest BCUT2D eigenvalue weighted by molar-refractivity contribution is 5.79. The van der Waals surface area contributed by atoms with Crippen molar-refractivity contribution in [1.82, 2.24) is 15.5 Å². The van der Waals surface area contributed by atoms with Crippen LogP contribution in [0.1, 0.15) is 25.3 Å². The van der Waals surface area contributed by atoms with Gasteiger partial charge in [0.2, 0.25) is 0 Å². The fourth-order valence-electron chi connectivity index (χ4n) is 3.27. The van der Waals surface area contributed by atoms with E-state index in [4.69, 9.17) is 19.2 Å². The smallest absolute Gasteiger partial charge is 0.191 e. The first-order valence-corrected chi connectivity index (χ1v) is 9.53. The Bertz CT molecular complexity index is 613. The molecule has 2 rings (SSSR count). The van der Waals surface area contributed by atoms with Gasteiger partial charge in [0.25, 0.3) is 0 Å². The molecule has 0 atom stereocenters. The average Bonchev–Trinajstić information content (AvgIpc) is 2.70. The summed E-state index contributed by atoms with van der Waals surface area (Å²) >= 11 is 0. The van der Waals surface area contributed by atoms with Crippen LogP contribution in [0.2, 0.25) is 0 Å². The molecule has 0 spiro atoms. The first-order valence-electron chi connectivity index (χ1n) is 9.53. The Labute approximate surface area is 163 Å². The quantitative estimate of drug-likeness (QED) is 0.532. The van der Waals surface area contributed by atoms with E-state index in [9.17, 15) is 0 Å². The molecule has 0 aliphatic carbocycles. The molecule has 2 N–H and O–H groups in total. The van der Waals surface area contributed by atoms with Crippen molar-refractivity contribution in [3.63, 3.8) is 0 Å². The summed E-state index contributed by atoms with van der Waals surface area (Å²) in [4.78, 5) is 7.05. The lowest BCUT2D eigenvalue weighted by molar-refractivity contribution is -0.00501. The molecule has 0 aromatic heterocycles. The summed E-state index contributed by atoms with van der Waals surface area (Å²) in [6, 6.07) is 5.80. The predicted octanol–water partition coefficient (Wildman–Crippen LogP) is 1.87. The van der Waals surface area contributed by atoms with Gasteiger partial charge in [0.05, 0.1) is 20.8 Å². The molecular weight excluding hydrogens is 344 g/mol. The van der Waals surface area contributed by atoms with Gasteiger partial charge in [-0.1, -0.05) is 0 Å². The maximum atomic E-state index is 5.55. The second-order valence-electron chi connectivity index (χ2n) is 6.96. The molecule has 1 aromatic rings. The summed E-state index contributed by atoms with van der Waals surface area (Å²) in [6.07, 6.45) is 2.03. The Morgan fingerprint density at radius 3 is 2.52 bits per heavy atom. The van der Waals surface area contributed by atoms with Crippen LogP contribution in [-0.4, -0.2) is 71.0 Å². The number of guanidine groups is 1. The number of hydrogen-bond acceptors (Lipinski definition) is 5. The molecule has 1 heterocycles. The first kappa shape index (κ1) is 21.3. The van der Waals surface area contributed by atoms with Gasteiger partial charge >= 0.3 is 0 Å². The molecule has 7 heteroatoms. The highest BCUT2D eigenvalue weighted by Crippen LogP contribution is 2.26. The van der Waals surface area contributed by atoms with Crippen LogP contribution in [0.25, 0.3) is 0 Å². The molecule has 0 bridgehead atoms. The Morgan fingerprint density at radius 2 is 1.93 bits per heavy atom. The number of nitrogens with one attached hydrogen (secondary N) is 2. The lowest BCUT2D eigenvalue weighted by atomic mass is 9.88. The van der Waals surface area contributed by atoms with E-state index in [2.05, 4.69) is 36.6 Å². The molecule has 0 amide bonds. The van der Waals surface area contributed by atoms with E-state index in [-0.39, 0.29) is 5.54 Å². The van der Waals surface area contributed by atoms with E-state index in [0.717, 1.165) is 62.2 Å². The fourth-order valence-corrected chi connectivity index (χ4v) is 3.27. The summed E-state index contributed by atoms with van der Waals surface area (Å²) in [5, 5.41) is 6.85. The molecule has 1 aliphatic rings. The molecule has 1 aliphatic heterocycles. The summed E-state index contributed by atoms with van der Waals surface area (Å²) in [6.45, 7) is 5.84. The van der Waals surface area contributed by atoms with E-state index in [1.165, 1.54) is 0 Å². The fraction of sp³-hybridized carbons (Fsp3) is 0.650. The van der Waals surface area contributed by atoms with Crippen molar-refractivity contribution in [1.29, 1.82) is 0 Å². The summed E-state index contributed by atoms with van der Waals surface area (Å²) in [5.41, 5.74) is 1.11. The van der Waals surface area contributed by atoms with Crippen LogP contribution in [0, 0.1) is 0 Å².